The molecule has 11 heteroatoms. The minimum atomic E-state index is -0.255. The van der Waals surface area contributed by atoms with Gasteiger partial charge in [-0.05, 0) is 59.8 Å². The fourth-order valence-corrected chi connectivity index (χ4v) is 7.86. The lowest BCUT2D eigenvalue weighted by molar-refractivity contribution is -0.130. The number of amides is 2. The van der Waals surface area contributed by atoms with Gasteiger partial charge < -0.3 is 20.1 Å². The molecule has 3 aliphatic rings. The molecule has 224 valence electrons. The number of fused-ring (bicyclic) bond motifs is 4. The van der Waals surface area contributed by atoms with Crippen molar-refractivity contribution in [3.63, 3.8) is 0 Å². The van der Waals surface area contributed by atoms with E-state index in [2.05, 4.69) is 72.7 Å². The highest BCUT2D eigenvalue weighted by Gasteiger charge is 2.47. The molecule has 2 aliphatic heterocycles. The van der Waals surface area contributed by atoms with Gasteiger partial charge in [0.25, 0.3) is 5.91 Å². The molecule has 1 saturated heterocycles. The Kier molecular flexibility index (Phi) is 7.33. The Labute approximate surface area is 256 Å². The van der Waals surface area contributed by atoms with E-state index in [4.69, 9.17) is 28.2 Å². The maximum absolute atomic E-state index is 13.7. The molecular formula is C31H39Cl2N7O2. The molecule has 4 heterocycles. The minimum Gasteiger partial charge on any atom is -0.358 e. The number of nitrogens with one attached hydrogen (secondary N) is 3. The molecule has 3 aromatic rings. The van der Waals surface area contributed by atoms with Crippen molar-refractivity contribution in [1.82, 2.24) is 30.0 Å². The molecule has 5 atom stereocenters. The highest BCUT2D eigenvalue weighted by molar-refractivity contribution is 6.32. The summed E-state index contributed by atoms with van der Waals surface area (Å²) in [4.78, 5) is 32.1. The van der Waals surface area contributed by atoms with Crippen LogP contribution in [0.3, 0.4) is 0 Å². The zero-order valence-electron chi connectivity index (χ0n) is 24.8. The van der Waals surface area contributed by atoms with Crippen molar-refractivity contribution in [3.8, 4) is 0 Å². The number of likely N-dealkylation sites (tertiary alicyclic amines) is 1. The van der Waals surface area contributed by atoms with Crippen LogP contribution in [0.25, 0.3) is 10.9 Å². The number of carbonyl (C=O) groups is 2. The number of H-pyrrole nitrogens is 1. The van der Waals surface area contributed by atoms with Gasteiger partial charge in [0.05, 0.1) is 17.6 Å². The third-order valence-electron chi connectivity index (χ3n) is 9.51. The van der Waals surface area contributed by atoms with Crippen molar-refractivity contribution in [1.29, 1.82) is 0 Å². The molecule has 0 bridgehead atoms. The number of aromatic amines is 1. The average molecular weight is 613 g/mol. The summed E-state index contributed by atoms with van der Waals surface area (Å²) in [6.45, 7) is 15.4. The molecule has 2 aromatic heterocycles. The average Bonchev–Trinajstić information content (AvgIpc) is 3.46. The number of nitrogens with zero attached hydrogens (tertiary/aromatic N) is 4. The fraction of sp³-hybridized carbons (Fsp3) is 0.548. The van der Waals surface area contributed by atoms with Crippen LogP contribution in [0.1, 0.15) is 87.8 Å². The van der Waals surface area contributed by atoms with Gasteiger partial charge in [-0.2, -0.15) is 5.10 Å². The van der Waals surface area contributed by atoms with Crippen molar-refractivity contribution in [3.05, 3.63) is 52.0 Å². The quantitative estimate of drug-likeness (QED) is 0.295. The lowest BCUT2D eigenvalue weighted by Gasteiger charge is -2.47. The van der Waals surface area contributed by atoms with Crippen LogP contribution in [-0.4, -0.2) is 55.6 Å². The number of hydrogen-bond donors (Lipinski definition) is 3. The van der Waals surface area contributed by atoms with Crippen molar-refractivity contribution >= 4 is 51.7 Å². The zero-order valence-corrected chi connectivity index (χ0v) is 26.3. The van der Waals surface area contributed by atoms with Crippen molar-refractivity contribution < 1.29 is 9.59 Å². The number of halogens is 2. The van der Waals surface area contributed by atoms with Gasteiger partial charge in [0.1, 0.15) is 11.5 Å². The second kappa shape index (κ2) is 10.6. The SMILES string of the molecule is C=CC(=O)N1CC(NC(=O)c2c(Cl)nc3n2C2C[C@H](C)CC[C@H]2C(C)C3Nc2n[nH]c3cc(Cl)c(C(C)(C)C)cc23)C1. The number of carbonyl (C=O) groups excluding carboxylic acids is 2. The van der Waals surface area contributed by atoms with Crippen LogP contribution in [0.4, 0.5) is 5.82 Å². The Morgan fingerprint density at radius 2 is 1.90 bits per heavy atom. The fourth-order valence-electron chi connectivity index (χ4n) is 7.15. The second-order valence-corrected chi connectivity index (χ2v) is 14.2. The van der Waals surface area contributed by atoms with Crippen LogP contribution < -0.4 is 10.6 Å². The monoisotopic (exact) mass is 611 g/mol. The number of hydrogen-bond acceptors (Lipinski definition) is 5. The maximum Gasteiger partial charge on any atom is 0.271 e. The second-order valence-electron chi connectivity index (χ2n) is 13.4. The highest BCUT2D eigenvalue weighted by Crippen LogP contribution is 2.51. The van der Waals surface area contributed by atoms with E-state index in [0.29, 0.717) is 35.6 Å². The highest BCUT2D eigenvalue weighted by atomic mass is 35.5. The van der Waals surface area contributed by atoms with E-state index in [9.17, 15) is 9.59 Å². The van der Waals surface area contributed by atoms with Crippen LogP contribution in [0.5, 0.6) is 0 Å². The molecule has 0 spiro atoms. The molecule has 1 aliphatic carbocycles. The van der Waals surface area contributed by atoms with E-state index >= 15 is 0 Å². The molecule has 1 aromatic carbocycles. The van der Waals surface area contributed by atoms with Gasteiger partial charge in [-0.1, -0.05) is 70.8 Å². The standard InChI is InChI=1S/C31H39Cl2N7O2/c1-7-24(41)39-13-17(14-39)34-30(42)26-27(33)36-29-25(16(3)18-9-8-15(2)10-23(18)40(26)29)35-28-19-11-20(31(4,5)6)21(32)12-22(19)37-38-28/h7,11-12,15-18,23,25H,1,8-10,13-14H2,2-6H3,(H,34,42)(H2,35,37,38)/t15-,16?,18+,23?,25?/m1/s1. The Bertz CT molecular complexity index is 1570. The molecule has 2 fully saturated rings. The van der Waals surface area contributed by atoms with Gasteiger partial charge in [-0.25, -0.2) is 4.98 Å². The number of benzene rings is 1. The Morgan fingerprint density at radius 3 is 2.60 bits per heavy atom. The van der Waals surface area contributed by atoms with Gasteiger partial charge in [-0.3, -0.25) is 14.7 Å². The van der Waals surface area contributed by atoms with Gasteiger partial charge in [0.2, 0.25) is 5.91 Å². The predicted octanol–water partition coefficient (Wildman–Crippen LogP) is 6.27. The molecule has 2 amide bonds. The van der Waals surface area contributed by atoms with E-state index in [0.717, 1.165) is 47.4 Å². The molecule has 1 saturated carbocycles. The third-order valence-corrected chi connectivity index (χ3v) is 10.1. The van der Waals surface area contributed by atoms with Crippen molar-refractivity contribution in [2.75, 3.05) is 18.4 Å². The van der Waals surface area contributed by atoms with Crippen LogP contribution in [0.15, 0.2) is 24.8 Å². The Morgan fingerprint density at radius 1 is 1.17 bits per heavy atom. The number of imidazole rings is 1. The van der Waals surface area contributed by atoms with Crippen molar-refractivity contribution in [2.45, 2.75) is 77.4 Å². The summed E-state index contributed by atoms with van der Waals surface area (Å²) in [5, 5.41) is 16.4. The van der Waals surface area contributed by atoms with Crippen LogP contribution >= 0.6 is 23.2 Å². The molecule has 3 N–H and O–H groups in total. The first kappa shape index (κ1) is 29.1. The van der Waals surface area contributed by atoms with Gasteiger partial charge in [0, 0.05) is 29.5 Å². The first-order chi connectivity index (χ1) is 19.9. The third kappa shape index (κ3) is 4.88. The summed E-state index contributed by atoms with van der Waals surface area (Å²) in [7, 11) is 0. The summed E-state index contributed by atoms with van der Waals surface area (Å²) in [6, 6.07) is 3.83. The summed E-state index contributed by atoms with van der Waals surface area (Å²) in [6.07, 6.45) is 4.47. The maximum atomic E-state index is 13.7. The smallest absolute Gasteiger partial charge is 0.271 e. The number of rotatable bonds is 5. The summed E-state index contributed by atoms with van der Waals surface area (Å²) in [5.41, 5.74) is 2.17. The molecular weight excluding hydrogens is 573 g/mol. The number of anilines is 1. The first-order valence-corrected chi connectivity index (χ1v) is 15.6. The molecule has 3 unspecified atom stereocenters. The van der Waals surface area contributed by atoms with Crippen LogP contribution in [-0.2, 0) is 10.2 Å². The molecule has 0 radical (unpaired) electrons. The number of aromatic nitrogens is 4. The Balaban J connectivity index is 1.37. The van der Waals surface area contributed by atoms with E-state index in [1.165, 1.54) is 6.08 Å². The molecule has 42 heavy (non-hydrogen) atoms. The summed E-state index contributed by atoms with van der Waals surface area (Å²) in [5.74, 6) is 2.21. The van der Waals surface area contributed by atoms with E-state index in [1.807, 2.05) is 6.07 Å². The van der Waals surface area contributed by atoms with Crippen LogP contribution in [0.2, 0.25) is 10.2 Å². The summed E-state index contributed by atoms with van der Waals surface area (Å²) >= 11 is 13.4. The zero-order chi connectivity index (χ0) is 30.1. The van der Waals surface area contributed by atoms with Crippen molar-refractivity contribution in [2.24, 2.45) is 17.8 Å². The largest absolute Gasteiger partial charge is 0.358 e. The minimum absolute atomic E-state index is 0.125. The lowest BCUT2D eigenvalue weighted by Crippen LogP contribution is -2.60. The van der Waals surface area contributed by atoms with E-state index in [1.54, 1.807) is 4.90 Å². The van der Waals surface area contributed by atoms with E-state index in [-0.39, 0.29) is 46.4 Å². The van der Waals surface area contributed by atoms with Gasteiger partial charge in [0.15, 0.2) is 11.0 Å². The normalized spacial score (nSPS) is 25.9. The predicted molar refractivity (Wildman–Crippen MR) is 166 cm³/mol. The van der Waals surface area contributed by atoms with Crippen LogP contribution in [0, 0.1) is 17.8 Å². The topological polar surface area (TPSA) is 108 Å². The van der Waals surface area contributed by atoms with Gasteiger partial charge >= 0.3 is 0 Å². The van der Waals surface area contributed by atoms with Gasteiger partial charge in [-0.15, -0.1) is 0 Å². The Hall–Kier alpha value is -3.04. The van der Waals surface area contributed by atoms with E-state index < -0.39 is 0 Å². The molecule has 6 rings (SSSR count). The molecule has 9 nitrogen and oxygen atoms in total. The lowest BCUT2D eigenvalue weighted by atomic mass is 9.69. The summed E-state index contributed by atoms with van der Waals surface area (Å²) < 4.78 is 2.10. The first-order valence-electron chi connectivity index (χ1n) is 14.8.